The van der Waals surface area contributed by atoms with Crippen LogP contribution in [0.4, 0.5) is 11.4 Å². The molecule has 0 bridgehead atoms. The minimum absolute atomic E-state index is 0.0619. The van der Waals surface area contributed by atoms with Crippen molar-refractivity contribution in [3.8, 4) is 5.69 Å². The van der Waals surface area contributed by atoms with Gasteiger partial charge in [-0.3, -0.25) is 19.4 Å². The van der Waals surface area contributed by atoms with Crippen molar-refractivity contribution in [2.24, 2.45) is 0 Å². The summed E-state index contributed by atoms with van der Waals surface area (Å²) in [5, 5.41) is 0.137. The van der Waals surface area contributed by atoms with Crippen LogP contribution in [0.15, 0.2) is 78.4 Å². The van der Waals surface area contributed by atoms with Gasteiger partial charge in [-0.1, -0.05) is 36.4 Å². The second-order valence-corrected chi connectivity index (χ2v) is 10.5. The van der Waals surface area contributed by atoms with Gasteiger partial charge in [0.25, 0.3) is 11.8 Å². The summed E-state index contributed by atoms with van der Waals surface area (Å²) in [5.41, 5.74) is 9.70. The van der Waals surface area contributed by atoms with Crippen LogP contribution in [0.2, 0.25) is 0 Å². The Kier molecular flexibility index (Phi) is 6.83. The summed E-state index contributed by atoms with van der Waals surface area (Å²) >= 11 is 5.78. The lowest BCUT2D eigenvalue weighted by Crippen LogP contribution is -2.57. The van der Waals surface area contributed by atoms with Crippen molar-refractivity contribution < 1.29 is 9.59 Å². The lowest BCUT2D eigenvalue weighted by molar-refractivity contribution is -0.120. The average molecular weight is 534 g/mol. The fraction of sp³-hybridized carbons (Fsp3) is 0.182. The zero-order valence-electron chi connectivity index (χ0n) is 23.1. The van der Waals surface area contributed by atoms with E-state index < -0.39 is 11.8 Å². The number of aromatic nitrogens is 1. The van der Waals surface area contributed by atoms with Gasteiger partial charge in [-0.15, -0.1) is 0 Å². The molecule has 0 atom stereocenters. The number of para-hydroxylation sites is 1. The van der Waals surface area contributed by atoms with E-state index in [4.69, 9.17) is 12.2 Å². The summed E-state index contributed by atoms with van der Waals surface area (Å²) in [6.07, 6.45) is 1.71. The van der Waals surface area contributed by atoms with Crippen LogP contribution in [0.1, 0.15) is 39.2 Å². The van der Waals surface area contributed by atoms with Crippen molar-refractivity contribution in [1.82, 2.24) is 4.57 Å². The van der Waals surface area contributed by atoms with Crippen molar-refractivity contribution in [2.45, 2.75) is 41.5 Å². The van der Waals surface area contributed by atoms with E-state index in [0.29, 0.717) is 11.4 Å². The Balaban J connectivity index is 1.68. The summed E-state index contributed by atoms with van der Waals surface area (Å²) in [5.74, 6) is -0.871. The summed E-state index contributed by atoms with van der Waals surface area (Å²) in [6.45, 7) is 12.3. The van der Waals surface area contributed by atoms with Gasteiger partial charge in [-0.25, -0.2) is 0 Å². The van der Waals surface area contributed by atoms with Gasteiger partial charge >= 0.3 is 0 Å². The smallest absolute Gasteiger partial charge is 0.270 e. The largest absolute Gasteiger partial charge is 0.318 e. The maximum absolute atomic E-state index is 14.0. The monoisotopic (exact) mass is 533 g/mol. The lowest BCUT2D eigenvalue weighted by Gasteiger charge is -2.36. The first-order valence-electron chi connectivity index (χ1n) is 12.9. The molecule has 196 valence electrons. The zero-order chi connectivity index (χ0) is 28.0. The van der Waals surface area contributed by atoms with E-state index in [1.54, 1.807) is 6.08 Å². The summed E-state index contributed by atoms with van der Waals surface area (Å²) in [4.78, 5) is 30.9. The fourth-order valence-electron chi connectivity index (χ4n) is 5.06. The first-order chi connectivity index (χ1) is 18.6. The quantitative estimate of drug-likeness (QED) is 0.160. The highest BCUT2D eigenvalue weighted by Crippen LogP contribution is 2.32. The van der Waals surface area contributed by atoms with E-state index in [1.165, 1.54) is 20.9 Å². The van der Waals surface area contributed by atoms with Gasteiger partial charge in [-0.05, 0) is 124 Å². The maximum Gasteiger partial charge on any atom is 0.270 e. The number of benzene rings is 3. The first-order valence-corrected chi connectivity index (χ1v) is 13.3. The van der Waals surface area contributed by atoms with Crippen LogP contribution in [0.5, 0.6) is 0 Å². The van der Waals surface area contributed by atoms with E-state index in [9.17, 15) is 9.59 Å². The lowest BCUT2D eigenvalue weighted by atomic mass is 10.0. The zero-order valence-corrected chi connectivity index (χ0v) is 23.9. The van der Waals surface area contributed by atoms with Crippen molar-refractivity contribution in [2.75, 3.05) is 9.80 Å². The maximum atomic E-state index is 14.0. The predicted molar refractivity (Wildman–Crippen MR) is 163 cm³/mol. The number of nitrogens with zero attached hydrogens (tertiary/aromatic N) is 3. The molecule has 4 aromatic rings. The molecule has 0 radical (unpaired) electrons. The Hall–Kier alpha value is -4.29. The van der Waals surface area contributed by atoms with Gasteiger partial charge < -0.3 is 4.57 Å². The number of rotatable bonds is 4. The molecular formula is C33H31N3O2S. The van der Waals surface area contributed by atoms with Crippen molar-refractivity contribution in [3.63, 3.8) is 0 Å². The Labute approximate surface area is 235 Å². The van der Waals surface area contributed by atoms with E-state index >= 15 is 0 Å². The molecule has 0 spiro atoms. The standard InChI is InChI=1S/C33H31N3O2S/c1-20-15-16-28(17-22(20)3)36-32(38)29(31(37)35(33(36)39)27-12-8-7-9-13-27)19-26-18-23(4)34(25(26)6)30-14-10-11-21(2)24(30)5/h7-19H,1-6H3/b29-19-. The molecule has 0 aliphatic carbocycles. The third-order valence-electron chi connectivity index (χ3n) is 7.60. The first kappa shape index (κ1) is 26.3. The molecule has 3 aromatic carbocycles. The minimum Gasteiger partial charge on any atom is -0.318 e. The van der Waals surface area contributed by atoms with Gasteiger partial charge in [0.15, 0.2) is 5.11 Å². The molecule has 2 amide bonds. The van der Waals surface area contributed by atoms with Crippen LogP contribution in [-0.4, -0.2) is 21.5 Å². The van der Waals surface area contributed by atoms with E-state index in [-0.39, 0.29) is 10.7 Å². The second-order valence-electron chi connectivity index (χ2n) is 10.1. The number of carbonyl (C=O) groups is 2. The highest BCUT2D eigenvalue weighted by atomic mass is 32.1. The highest BCUT2D eigenvalue weighted by Gasteiger charge is 2.41. The van der Waals surface area contributed by atoms with Crippen LogP contribution in [-0.2, 0) is 9.59 Å². The Morgan fingerprint density at radius 2 is 1.33 bits per heavy atom. The van der Waals surface area contributed by atoms with Crippen LogP contribution >= 0.6 is 12.2 Å². The van der Waals surface area contributed by atoms with Gasteiger partial charge in [0.2, 0.25) is 0 Å². The molecule has 1 fully saturated rings. The second kappa shape index (κ2) is 10.1. The minimum atomic E-state index is -0.437. The number of hydrogen-bond acceptors (Lipinski definition) is 3. The number of hydrogen-bond donors (Lipinski definition) is 0. The molecule has 39 heavy (non-hydrogen) atoms. The van der Waals surface area contributed by atoms with Gasteiger partial charge in [-0.2, -0.15) is 0 Å². The number of carbonyl (C=O) groups excluding carboxylic acids is 2. The van der Waals surface area contributed by atoms with Crippen LogP contribution in [0.25, 0.3) is 11.8 Å². The molecule has 5 nitrogen and oxygen atoms in total. The third-order valence-corrected chi connectivity index (χ3v) is 7.96. The van der Waals surface area contributed by atoms with Crippen molar-refractivity contribution in [1.29, 1.82) is 0 Å². The normalized spacial score (nSPS) is 15.0. The Morgan fingerprint density at radius 3 is 2.00 bits per heavy atom. The molecule has 0 N–H and O–H groups in total. The molecule has 1 aliphatic rings. The number of aryl methyl sites for hydroxylation is 4. The molecule has 0 unspecified atom stereocenters. The molecular weight excluding hydrogens is 502 g/mol. The molecule has 1 aliphatic heterocycles. The van der Waals surface area contributed by atoms with Crippen LogP contribution < -0.4 is 9.80 Å². The topological polar surface area (TPSA) is 45.6 Å². The molecule has 2 heterocycles. The average Bonchev–Trinajstić information content (AvgIpc) is 3.18. The van der Waals surface area contributed by atoms with Crippen molar-refractivity contribution in [3.05, 3.63) is 118 Å². The van der Waals surface area contributed by atoms with Crippen LogP contribution in [0, 0.1) is 41.5 Å². The summed E-state index contributed by atoms with van der Waals surface area (Å²) < 4.78 is 2.17. The molecule has 6 heteroatoms. The highest BCUT2D eigenvalue weighted by molar-refractivity contribution is 7.81. The van der Waals surface area contributed by atoms with E-state index in [0.717, 1.165) is 33.8 Å². The summed E-state index contributed by atoms with van der Waals surface area (Å²) in [6, 6.07) is 23.2. The predicted octanol–water partition coefficient (Wildman–Crippen LogP) is 7.08. The van der Waals surface area contributed by atoms with Crippen molar-refractivity contribution >= 4 is 46.6 Å². The number of thiocarbonyl (C=S) groups is 1. The number of amides is 2. The number of anilines is 2. The third kappa shape index (κ3) is 4.51. The van der Waals surface area contributed by atoms with Crippen LogP contribution in [0.3, 0.4) is 0 Å². The van der Waals surface area contributed by atoms with E-state index in [1.807, 2.05) is 88.4 Å². The Morgan fingerprint density at radius 1 is 0.667 bits per heavy atom. The van der Waals surface area contributed by atoms with Gasteiger partial charge in [0.1, 0.15) is 5.57 Å². The SMILES string of the molecule is Cc1ccc(N2C(=O)/C(=C\c3cc(C)n(-c4cccc(C)c4C)c3C)C(=O)N(c3ccccc3)C2=S)cc1C. The molecule has 1 saturated heterocycles. The molecule has 1 aromatic heterocycles. The van der Waals surface area contributed by atoms with E-state index in [2.05, 4.69) is 30.5 Å². The molecule has 0 saturated carbocycles. The fourth-order valence-corrected chi connectivity index (χ4v) is 5.44. The summed E-state index contributed by atoms with van der Waals surface area (Å²) in [7, 11) is 0. The van der Waals surface area contributed by atoms with Gasteiger partial charge in [0.05, 0.1) is 11.4 Å². The molecule has 5 rings (SSSR count). The van der Waals surface area contributed by atoms with Gasteiger partial charge in [0, 0.05) is 17.1 Å². The Bertz CT molecular complexity index is 1680.